The first kappa shape index (κ1) is 16.3. The minimum absolute atomic E-state index is 0.145. The Morgan fingerprint density at radius 3 is 2.76 bits per heavy atom. The molecule has 1 unspecified atom stereocenters. The predicted octanol–water partition coefficient (Wildman–Crippen LogP) is 2.64. The van der Waals surface area contributed by atoms with Gasteiger partial charge in [-0.3, -0.25) is 14.4 Å². The van der Waals surface area contributed by atoms with E-state index in [4.69, 9.17) is 0 Å². The zero-order chi connectivity index (χ0) is 17.8. The highest BCUT2D eigenvalue weighted by Gasteiger charge is 2.49. The largest absolute Gasteiger partial charge is 0.325 e. The summed E-state index contributed by atoms with van der Waals surface area (Å²) in [6.45, 7) is 1.92. The molecule has 1 N–H and O–H groups in total. The number of imide groups is 1. The maximum Gasteiger partial charge on any atom is 0.325 e. The molecule has 4 rings (SSSR count). The maximum absolute atomic E-state index is 13.1. The van der Waals surface area contributed by atoms with E-state index in [0.29, 0.717) is 5.69 Å². The highest BCUT2D eigenvalue weighted by atomic mass is 79.9. The van der Waals surface area contributed by atoms with Gasteiger partial charge in [-0.25, -0.2) is 4.79 Å². The van der Waals surface area contributed by atoms with Crippen molar-refractivity contribution in [1.29, 1.82) is 0 Å². The first-order chi connectivity index (χ1) is 11.9. The van der Waals surface area contributed by atoms with E-state index < -0.39 is 5.54 Å². The molecule has 1 aromatic carbocycles. The molecule has 2 heterocycles. The van der Waals surface area contributed by atoms with Gasteiger partial charge in [0.15, 0.2) is 0 Å². The van der Waals surface area contributed by atoms with Crippen molar-refractivity contribution in [3.05, 3.63) is 51.3 Å². The van der Waals surface area contributed by atoms with Crippen molar-refractivity contribution in [3.8, 4) is 0 Å². The number of rotatable bonds is 3. The van der Waals surface area contributed by atoms with Crippen LogP contribution < -0.4 is 5.32 Å². The Kier molecular flexibility index (Phi) is 3.72. The van der Waals surface area contributed by atoms with Gasteiger partial charge in [-0.1, -0.05) is 18.2 Å². The Morgan fingerprint density at radius 2 is 2.04 bits per heavy atom. The first-order valence-electron chi connectivity index (χ1n) is 8.33. The lowest BCUT2D eigenvalue weighted by molar-refractivity contribution is -0.131. The van der Waals surface area contributed by atoms with E-state index in [1.54, 1.807) is 24.9 Å². The summed E-state index contributed by atoms with van der Waals surface area (Å²) in [6.07, 6.45) is 5.07. The number of benzene rings is 1. The fourth-order valence-corrected chi connectivity index (χ4v) is 4.18. The van der Waals surface area contributed by atoms with E-state index >= 15 is 0 Å². The summed E-state index contributed by atoms with van der Waals surface area (Å²) in [5.74, 6) is -0.243. The number of nitrogens with zero attached hydrogens (tertiary/aromatic N) is 3. The Balaban J connectivity index is 1.65. The topological polar surface area (TPSA) is 67.2 Å². The van der Waals surface area contributed by atoms with Gasteiger partial charge in [0.1, 0.15) is 5.54 Å². The zero-order valence-corrected chi connectivity index (χ0v) is 15.8. The molecule has 2 aliphatic rings. The van der Waals surface area contributed by atoms with Gasteiger partial charge in [0, 0.05) is 13.2 Å². The Morgan fingerprint density at radius 1 is 1.28 bits per heavy atom. The van der Waals surface area contributed by atoms with Gasteiger partial charge in [0.05, 0.1) is 16.7 Å². The van der Waals surface area contributed by atoms with Gasteiger partial charge in [-0.2, -0.15) is 5.10 Å². The van der Waals surface area contributed by atoms with Gasteiger partial charge in [0.25, 0.3) is 5.91 Å². The summed E-state index contributed by atoms with van der Waals surface area (Å²) in [6, 6.07) is 5.73. The number of nitrogens with one attached hydrogen (secondary N) is 1. The van der Waals surface area contributed by atoms with Crippen LogP contribution in [-0.4, -0.2) is 26.6 Å². The molecule has 3 amide bonds. The SMILES string of the molecule is Cn1cc(Br)c(CN2C(=O)NC(C)(c3ccc4c(c3)CCC4)C2=O)n1. The summed E-state index contributed by atoms with van der Waals surface area (Å²) in [4.78, 5) is 26.8. The number of halogens is 1. The van der Waals surface area contributed by atoms with Gasteiger partial charge in [-0.05, 0) is 58.8 Å². The van der Waals surface area contributed by atoms with Crippen molar-refractivity contribution < 1.29 is 9.59 Å². The third-order valence-electron chi connectivity index (χ3n) is 5.11. The second-order valence-corrected chi connectivity index (χ2v) is 7.74. The molecule has 0 saturated carbocycles. The minimum Gasteiger partial charge on any atom is -0.319 e. The van der Waals surface area contributed by atoms with Crippen LogP contribution in [0.25, 0.3) is 0 Å². The van der Waals surface area contributed by atoms with Crippen molar-refractivity contribution in [3.63, 3.8) is 0 Å². The molecule has 0 radical (unpaired) electrons. The van der Waals surface area contributed by atoms with Gasteiger partial charge in [-0.15, -0.1) is 0 Å². The quantitative estimate of drug-likeness (QED) is 0.802. The van der Waals surface area contributed by atoms with Crippen molar-refractivity contribution >= 4 is 27.9 Å². The summed E-state index contributed by atoms with van der Waals surface area (Å²) >= 11 is 3.42. The van der Waals surface area contributed by atoms with Crippen LogP contribution in [0.3, 0.4) is 0 Å². The first-order valence-corrected chi connectivity index (χ1v) is 9.12. The van der Waals surface area contributed by atoms with Crippen LogP contribution >= 0.6 is 15.9 Å². The second kappa shape index (κ2) is 5.69. The van der Waals surface area contributed by atoms with Crippen LogP contribution in [0.5, 0.6) is 0 Å². The van der Waals surface area contributed by atoms with Crippen LogP contribution in [0, 0.1) is 0 Å². The smallest absolute Gasteiger partial charge is 0.319 e. The predicted molar refractivity (Wildman–Crippen MR) is 95.8 cm³/mol. The normalized spacial score (nSPS) is 22.4. The summed E-state index contributed by atoms with van der Waals surface area (Å²) in [5, 5.41) is 7.18. The summed E-state index contributed by atoms with van der Waals surface area (Å²) < 4.78 is 2.43. The van der Waals surface area contributed by atoms with Crippen LogP contribution in [-0.2, 0) is 36.8 Å². The van der Waals surface area contributed by atoms with E-state index in [9.17, 15) is 9.59 Å². The molecule has 7 heteroatoms. The molecule has 0 bridgehead atoms. The number of hydrogen-bond donors (Lipinski definition) is 1. The molecule has 25 heavy (non-hydrogen) atoms. The monoisotopic (exact) mass is 402 g/mol. The van der Waals surface area contributed by atoms with Crippen LogP contribution in [0.15, 0.2) is 28.9 Å². The average Bonchev–Trinajstić information content (AvgIpc) is 3.21. The fourth-order valence-electron chi connectivity index (χ4n) is 3.68. The highest BCUT2D eigenvalue weighted by Crippen LogP contribution is 2.33. The Labute approximate surface area is 154 Å². The van der Waals surface area contributed by atoms with Crippen LogP contribution in [0.2, 0.25) is 0 Å². The molecule has 130 valence electrons. The van der Waals surface area contributed by atoms with E-state index in [-0.39, 0.29) is 18.5 Å². The minimum atomic E-state index is -1.03. The molecule has 6 nitrogen and oxygen atoms in total. The highest BCUT2D eigenvalue weighted by molar-refractivity contribution is 9.10. The van der Waals surface area contributed by atoms with Crippen LogP contribution in [0.4, 0.5) is 4.79 Å². The number of carbonyl (C=O) groups is 2. The summed E-state index contributed by atoms with van der Waals surface area (Å²) in [5.41, 5.74) is 3.10. The molecular formula is C18H19BrN4O2. The van der Waals surface area contributed by atoms with Gasteiger partial charge in [0.2, 0.25) is 0 Å². The average molecular weight is 403 g/mol. The van der Waals surface area contributed by atoms with E-state index in [0.717, 1.165) is 29.3 Å². The molecule has 1 fully saturated rings. The number of aromatic nitrogens is 2. The standard InChI is InChI=1S/C18H19BrN4O2/c1-18(13-7-6-11-4-3-5-12(11)8-13)16(24)23(17(25)20-18)10-15-14(19)9-22(2)21-15/h6-9H,3-5,10H2,1-2H3,(H,20,25). The van der Waals surface area contributed by atoms with Gasteiger partial charge < -0.3 is 5.32 Å². The molecule has 1 saturated heterocycles. The van der Waals surface area contributed by atoms with Crippen molar-refractivity contribution in [1.82, 2.24) is 20.0 Å². The fraction of sp³-hybridized carbons (Fsp3) is 0.389. The number of aryl methyl sites for hydroxylation is 3. The number of amides is 3. The second-order valence-electron chi connectivity index (χ2n) is 6.88. The molecule has 1 aliphatic carbocycles. The third kappa shape index (κ3) is 2.57. The van der Waals surface area contributed by atoms with Crippen molar-refractivity contribution in [2.75, 3.05) is 0 Å². The lowest BCUT2D eigenvalue weighted by atomic mass is 9.89. The molecule has 2 aromatic rings. The number of hydrogen-bond acceptors (Lipinski definition) is 3. The van der Waals surface area contributed by atoms with E-state index in [2.05, 4.69) is 38.5 Å². The van der Waals surface area contributed by atoms with Crippen molar-refractivity contribution in [2.24, 2.45) is 7.05 Å². The number of fused-ring (bicyclic) bond motifs is 1. The number of urea groups is 1. The maximum atomic E-state index is 13.1. The zero-order valence-electron chi connectivity index (χ0n) is 14.2. The van der Waals surface area contributed by atoms with E-state index in [1.165, 1.54) is 16.0 Å². The van der Waals surface area contributed by atoms with Crippen LogP contribution in [0.1, 0.15) is 35.7 Å². The van der Waals surface area contributed by atoms with Gasteiger partial charge >= 0.3 is 6.03 Å². The number of carbonyl (C=O) groups excluding carboxylic acids is 2. The van der Waals surface area contributed by atoms with E-state index in [1.807, 2.05) is 6.07 Å². The lowest BCUT2D eigenvalue weighted by Crippen LogP contribution is -2.41. The molecule has 1 aromatic heterocycles. The molecule has 1 atom stereocenters. The molecule has 1 aliphatic heterocycles. The lowest BCUT2D eigenvalue weighted by Gasteiger charge is -2.23. The molecular weight excluding hydrogens is 384 g/mol. The third-order valence-corrected chi connectivity index (χ3v) is 5.78. The Bertz CT molecular complexity index is 891. The summed E-state index contributed by atoms with van der Waals surface area (Å²) in [7, 11) is 1.80. The Hall–Kier alpha value is -2.15. The molecule has 0 spiro atoms. The van der Waals surface area contributed by atoms with Crippen molar-refractivity contribution in [2.45, 2.75) is 38.3 Å².